The zero-order valence-corrected chi connectivity index (χ0v) is 16.5. The lowest BCUT2D eigenvalue weighted by molar-refractivity contribution is -0.127. The van der Waals surface area contributed by atoms with Gasteiger partial charge in [-0.2, -0.15) is 0 Å². The summed E-state index contributed by atoms with van der Waals surface area (Å²) < 4.78 is 5.45. The van der Waals surface area contributed by atoms with Crippen LogP contribution >= 0.6 is 12.4 Å². The Bertz CT molecular complexity index is 537. The number of nitrogens with one attached hydrogen (secondary N) is 2. The second-order valence-corrected chi connectivity index (χ2v) is 7.38. The minimum Gasteiger partial charge on any atom is -0.379 e. The standard InChI is InChI=1S/C20H31N3O2.ClH/c1-16-13-18(7-8-21-16)20(24)22-19(14-17-5-3-2-4-6-17)15-23-9-11-25-12-10-23;/h2-6,16,18-19,21H,7-15H2,1H3,(H,22,24);1H/t16-,18-,19?;/m0./s1. The normalized spacial score (nSPS) is 25.1. The largest absolute Gasteiger partial charge is 0.379 e. The SMILES string of the molecule is C[C@H]1C[C@@H](C(=O)NC(Cc2ccccc2)CN2CCOCC2)CCN1.Cl. The number of morpholine rings is 1. The molecular formula is C20H32ClN3O2. The summed E-state index contributed by atoms with van der Waals surface area (Å²) in [4.78, 5) is 15.2. The number of hydrogen-bond acceptors (Lipinski definition) is 4. The van der Waals surface area contributed by atoms with E-state index in [-0.39, 0.29) is 30.3 Å². The fourth-order valence-electron chi connectivity index (χ4n) is 3.84. The molecule has 1 amide bonds. The molecule has 2 aliphatic heterocycles. The summed E-state index contributed by atoms with van der Waals surface area (Å²) in [6, 6.07) is 11.0. The van der Waals surface area contributed by atoms with Crippen LogP contribution in [0, 0.1) is 5.92 Å². The van der Waals surface area contributed by atoms with Gasteiger partial charge in [0.05, 0.1) is 13.2 Å². The molecule has 2 heterocycles. The Morgan fingerprint density at radius 1 is 1.31 bits per heavy atom. The Kier molecular flexibility index (Phi) is 8.85. The maximum atomic E-state index is 12.8. The molecule has 2 aliphatic rings. The topological polar surface area (TPSA) is 53.6 Å². The Hall–Kier alpha value is -1.14. The Morgan fingerprint density at radius 2 is 2.04 bits per heavy atom. The van der Waals surface area contributed by atoms with E-state index in [0.717, 1.165) is 58.7 Å². The molecule has 1 aromatic carbocycles. The summed E-state index contributed by atoms with van der Waals surface area (Å²) in [5.41, 5.74) is 1.28. The van der Waals surface area contributed by atoms with Crippen LogP contribution in [0.1, 0.15) is 25.3 Å². The molecule has 6 heteroatoms. The number of halogens is 1. The van der Waals surface area contributed by atoms with Gasteiger partial charge in [0.2, 0.25) is 5.91 Å². The van der Waals surface area contributed by atoms with Crippen LogP contribution in [-0.2, 0) is 16.0 Å². The van der Waals surface area contributed by atoms with Crippen molar-refractivity contribution < 1.29 is 9.53 Å². The van der Waals surface area contributed by atoms with Gasteiger partial charge >= 0.3 is 0 Å². The van der Waals surface area contributed by atoms with E-state index < -0.39 is 0 Å². The lowest BCUT2D eigenvalue weighted by atomic mass is 9.92. The summed E-state index contributed by atoms with van der Waals surface area (Å²) in [6.07, 6.45) is 2.75. The number of ether oxygens (including phenoxy) is 1. The second-order valence-electron chi connectivity index (χ2n) is 7.38. The second kappa shape index (κ2) is 10.9. The number of benzene rings is 1. The third-order valence-corrected chi connectivity index (χ3v) is 5.25. The molecule has 0 bridgehead atoms. The maximum Gasteiger partial charge on any atom is 0.223 e. The van der Waals surface area contributed by atoms with E-state index in [1.807, 2.05) is 6.07 Å². The first-order chi connectivity index (χ1) is 12.2. The van der Waals surface area contributed by atoms with E-state index >= 15 is 0 Å². The number of hydrogen-bond donors (Lipinski definition) is 2. The van der Waals surface area contributed by atoms with Crippen molar-refractivity contribution in [1.29, 1.82) is 0 Å². The first-order valence-electron chi connectivity index (χ1n) is 9.58. The average molecular weight is 382 g/mol. The molecule has 0 saturated carbocycles. The molecular weight excluding hydrogens is 350 g/mol. The van der Waals surface area contributed by atoms with Gasteiger partial charge in [0.1, 0.15) is 0 Å². The first kappa shape index (κ1) is 21.2. The van der Waals surface area contributed by atoms with Crippen molar-refractivity contribution in [2.45, 2.75) is 38.3 Å². The fourth-order valence-corrected chi connectivity index (χ4v) is 3.84. The van der Waals surface area contributed by atoms with Crippen molar-refractivity contribution >= 4 is 18.3 Å². The van der Waals surface area contributed by atoms with E-state index in [1.165, 1.54) is 5.56 Å². The third kappa shape index (κ3) is 6.54. The van der Waals surface area contributed by atoms with Gasteiger partial charge in [-0.15, -0.1) is 12.4 Å². The minimum atomic E-state index is 0. The lowest BCUT2D eigenvalue weighted by Gasteiger charge is -2.33. The van der Waals surface area contributed by atoms with Crippen LogP contribution < -0.4 is 10.6 Å². The van der Waals surface area contributed by atoms with Gasteiger partial charge in [0.15, 0.2) is 0 Å². The van der Waals surface area contributed by atoms with Crippen molar-refractivity contribution in [1.82, 2.24) is 15.5 Å². The van der Waals surface area contributed by atoms with Gasteiger partial charge in [-0.3, -0.25) is 9.69 Å². The van der Waals surface area contributed by atoms with Crippen molar-refractivity contribution in [3.63, 3.8) is 0 Å². The van der Waals surface area contributed by atoms with Crippen LogP contribution in [0.25, 0.3) is 0 Å². The highest BCUT2D eigenvalue weighted by atomic mass is 35.5. The summed E-state index contributed by atoms with van der Waals surface area (Å²) in [7, 11) is 0. The monoisotopic (exact) mass is 381 g/mol. The maximum absolute atomic E-state index is 12.8. The molecule has 1 aromatic rings. The van der Waals surface area contributed by atoms with Crippen molar-refractivity contribution in [2.24, 2.45) is 5.92 Å². The molecule has 2 saturated heterocycles. The molecule has 5 nitrogen and oxygen atoms in total. The molecule has 146 valence electrons. The number of nitrogens with zero attached hydrogens (tertiary/aromatic N) is 1. The number of rotatable bonds is 6. The molecule has 26 heavy (non-hydrogen) atoms. The Morgan fingerprint density at radius 3 is 2.73 bits per heavy atom. The van der Waals surface area contributed by atoms with Crippen molar-refractivity contribution in [3.8, 4) is 0 Å². The predicted octanol–water partition coefficient (Wildman–Crippen LogP) is 1.86. The van der Waals surface area contributed by atoms with Gasteiger partial charge in [0.25, 0.3) is 0 Å². The van der Waals surface area contributed by atoms with E-state index in [4.69, 9.17) is 4.74 Å². The first-order valence-corrected chi connectivity index (χ1v) is 9.58. The highest BCUT2D eigenvalue weighted by molar-refractivity contribution is 5.85. The Balaban J connectivity index is 0.00000243. The number of carbonyl (C=O) groups is 1. The summed E-state index contributed by atoms with van der Waals surface area (Å²) >= 11 is 0. The van der Waals surface area contributed by atoms with Gasteiger partial charge in [-0.25, -0.2) is 0 Å². The lowest BCUT2D eigenvalue weighted by Crippen LogP contribution is -2.51. The van der Waals surface area contributed by atoms with E-state index in [0.29, 0.717) is 6.04 Å². The smallest absolute Gasteiger partial charge is 0.223 e. The molecule has 0 aromatic heterocycles. The van der Waals surface area contributed by atoms with Gasteiger partial charge < -0.3 is 15.4 Å². The molecule has 0 radical (unpaired) electrons. The average Bonchev–Trinajstić information content (AvgIpc) is 2.63. The highest BCUT2D eigenvalue weighted by Gasteiger charge is 2.27. The summed E-state index contributed by atoms with van der Waals surface area (Å²) in [6.45, 7) is 7.47. The van der Waals surface area contributed by atoms with Crippen molar-refractivity contribution in [3.05, 3.63) is 35.9 Å². The molecule has 3 atom stereocenters. The number of amides is 1. The van der Waals surface area contributed by atoms with Crippen LogP contribution in [0.4, 0.5) is 0 Å². The quantitative estimate of drug-likeness (QED) is 0.789. The highest BCUT2D eigenvalue weighted by Crippen LogP contribution is 2.17. The number of piperidine rings is 1. The molecule has 2 N–H and O–H groups in total. The number of carbonyl (C=O) groups excluding carboxylic acids is 1. The fraction of sp³-hybridized carbons (Fsp3) is 0.650. The summed E-state index contributed by atoms with van der Waals surface area (Å²) in [5, 5.41) is 6.78. The zero-order valence-electron chi connectivity index (χ0n) is 15.7. The molecule has 0 spiro atoms. The van der Waals surface area contributed by atoms with E-state index in [2.05, 4.69) is 46.7 Å². The minimum absolute atomic E-state index is 0. The Labute approximate surface area is 163 Å². The van der Waals surface area contributed by atoms with Gasteiger partial charge in [-0.05, 0) is 38.3 Å². The van der Waals surface area contributed by atoms with E-state index in [9.17, 15) is 4.79 Å². The molecule has 1 unspecified atom stereocenters. The summed E-state index contributed by atoms with van der Waals surface area (Å²) in [5.74, 6) is 0.363. The van der Waals surface area contributed by atoms with Crippen LogP contribution in [0.2, 0.25) is 0 Å². The van der Waals surface area contributed by atoms with Crippen LogP contribution in [0.3, 0.4) is 0 Å². The molecule has 0 aliphatic carbocycles. The molecule has 2 fully saturated rings. The molecule has 3 rings (SSSR count). The van der Waals surface area contributed by atoms with Gasteiger partial charge in [-0.1, -0.05) is 30.3 Å². The zero-order chi connectivity index (χ0) is 17.5. The third-order valence-electron chi connectivity index (χ3n) is 5.25. The van der Waals surface area contributed by atoms with Crippen LogP contribution in [-0.4, -0.2) is 62.3 Å². The van der Waals surface area contributed by atoms with E-state index in [1.54, 1.807) is 0 Å². The predicted molar refractivity (Wildman–Crippen MR) is 107 cm³/mol. The van der Waals surface area contributed by atoms with Crippen LogP contribution in [0.15, 0.2) is 30.3 Å². The van der Waals surface area contributed by atoms with Gasteiger partial charge in [0, 0.05) is 37.6 Å². The van der Waals surface area contributed by atoms with Crippen LogP contribution in [0.5, 0.6) is 0 Å². The van der Waals surface area contributed by atoms with Crippen molar-refractivity contribution in [2.75, 3.05) is 39.4 Å².